The number of amides is 2. The lowest BCUT2D eigenvalue weighted by Gasteiger charge is -2.33. The monoisotopic (exact) mass is 361 g/mol. The van der Waals surface area contributed by atoms with Gasteiger partial charge in [0.05, 0.1) is 5.92 Å². The average molecular weight is 361 g/mol. The first kappa shape index (κ1) is 20.1. The molecule has 1 saturated heterocycles. The molecule has 2 rings (SSSR count). The normalized spacial score (nSPS) is 17.6. The fourth-order valence-electron chi connectivity index (χ4n) is 2.93. The maximum absolute atomic E-state index is 12.5. The number of carbonyl (C=O) groups is 2. The third-order valence-corrected chi connectivity index (χ3v) is 4.36. The van der Waals surface area contributed by atoms with Gasteiger partial charge < -0.3 is 19.9 Å². The van der Waals surface area contributed by atoms with Gasteiger partial charge in [-0.25, -0.2) is 4.79 Å². The first-order valence-electron chi connectivity index (χ1n) is 9.17. The minimum Gasteiger partial charge on any atom is -0.444 e. The molecule has 6 nitrogen and oxygen atoms in total. The van der Waals surface area contributed by atoms with Crippen LogP contribution in [0.5, 0.6) is 0 Å². The SMILES string of the molecule is CN(C)c1ccc(CNC(=O)[C@H]2CCCN(C(=O)OC(C)(C)C)C2)cc1. The highest BCUT2D eigenvalue weighted by Gasteiger charge is 2.30. The summed E-state index contributed by atoms with van der Waals surface area (Å²) < 4.78 is 5.42. The van der Waals surface area contributed by atoms with Crippen LogP contribution in [0.2, 0.25) is 0 Å². The summed E-state index contributed by atoms with van der Waals surface area (Å²) >= 11 is 0. The molecule has 0 aliphatic carbocycles. The average Bonchev–Trinajstić information content (AvgIpc) is 2.58. The van der Waals surface area contributed by atoms with Crippen LogP contribution in [-0.2, 0) is 16.1 Å². The number of hydrogen-bond acceptors (Lipinski definition) is 4. The van der Waals surface area contributed by atoms with Gasteiger partial charge >= 0.3 is 6.09 Å². The number of carbonyl (C=O) groups excluding carboxylic acids is 2. The first-order chi connectivity index (χ1) is 12.2. The van der Waals surface area contributed by atoms with E-state index in [2.05, 4.69) is 5.32 Å². The molecule has 1 heterocycles. The standard InChI is InChI=1S/C20H31N3O3/c1-20(2,3)26-19(25)23-12-6-7-16(14-23)18(24)21-13-15-8-10-17(11-9-15)22(4)5/h8-11,16H,6-7,12-14H2,1-5H3,(H,21,24)/t16-/m0/s1. The number of ether oxygens (including phenoxy) is 1. The van der Waals surface area contributed by atoms with E-state index >= 15 is 0 Å². The molecule has 144 valence electrons. The lowest BCUT2D eigenvalue weighted by Crippen LogP contribution is -2.46. The quantitative estimate of drug-likeness (QED) is 0.895. The molecule has 6 heteroatoms. The summed E-state index contributed by atoms with van der Waals surface area (Å²) in [4.78, 5) is 28.4. The molecule has 0 radical (unpaired) electrons. The minimum atomic E-state index is -0.523. The molecule has 1 aromatic rings. The van der Waals surface area contributed by atoms with Crippen LogP contribution in [-0.4, -0.2) is 49.7 Å². The third-order valence-electron chi connectivity index (χ3n) is 4.36. The van der Waals surface area contributed by atoms with Crippen LogP contribution in [0.3, 0.4) is 0 Å². The van der Waals surface area contributed by atoms with Crippen LogP contribution in [0.25, 0.3) is 0 Å². The second kappa shape index (κ2) is 8.43. The van der Waals surface area contributed by atoms with Crippen LogP contribution in [0.15, 0.2) is 24.3 Å². The summed E-state index contributed by atoms with van der Waals surface area (Å²) in [5.74, 6) is -0.188. The van der Waals surface area contributed by atoms with Crippen molar-refractivity contribution in [2.45, 2.75) is 45.8 Å². The number of likely N-dealkylation sites (tertiary alicyclic amines) is 1. The van der Waals surface area contributed by atoms with E-state index in [1.165, 1.54) is 0 Å². The Kier molecular flexibility index (Phi) is 6.51. The molecule has 2 amide bonds. The molecule has 1 aliphatic rings. The summed E-state index contributed by atoms with van der Waals surface area (Å²) in [6, 6.07) is 8.10. The second-order valence-electron chi connectivity index (χ2n) is 8.04. The molecular formula is C20H31N3O3. The number of nitrogens with zero attached hydrogens (tertiary/aromatic N) is 2. The number of hydrogen-bond donors (Lipinski definition) is 1. The highest BCUT2D eigenvalue weighted by atomic mass is 16.6. The van der Waals surface area contributed by atoms with Crippen molar-refractivity contribution in [2.75, 3.05) is 32.1 Å². The zero-order valence-corrected chi connectivity index (χ0v) is 16.5. The van der Waals surface area contributed by atoms with Gasteiger partial charge in [0.1, 0.15) is 5.60 Å². The Morgan fingerprint density at radius 2 is 1.88 bits per heavy atom. The molecule has 0 saturated carbocycles. The Morgan fingerprint density at radius 1 is 1.23 bits per heavy atom. The van der Waals surface area contributed by atoms with Crippen molar-refractivity contribution in [3.63, 3.8) is 0 Å². The maximum Gasteiger partial charge on any atom is 0.410 e. The Bertz CT molecular complexity index is 620. The van der Waals surface area contributed by atoms with E-state index in [1.54, 1.807) is 4.90 Å². The van der Waals surface area contributed by atoms with E-state index in [9.17, 15) is 9.59 Å². The van der Waals surface area contributed by atoms with Crippen molar-refractivity contribution >= 4 is 17.7 Å². The molecule has 0 aromatic heterocycles. The van der Waals surface area contributed by atoms with Crippen LogP contribution in [0.4, 0.5) is 10.5 Å². The first-order valence-corrected chi connectivity index (χ1v) is 9.17. The van der Waals surface area contributed by atoms with E-state index in [1.807, 2.05) is 64.0 Å². The van der Waals surface area contributed by atoms with Crippen molar-refractivity contribution in [1.82, 2.24) is 10.2 Å². The summed E-state index contributed by atoms with van der Waals surface area (Å²) in [5, 5.41) is 2.99. The molecule has 0 unspecified atom stereocenters. The van der Waals surface area contributed by atoms with Gasteiger partial charge in [-0.05, 0) is 51.3 Å². The lowest BCUT2D eigenvalue weighted by molar-refractivity contribution is -0.126. The Labute approximate surface area is 156 Å². The number of piperidine rings is 1. The molecule has 26 heavy (non-hydrogen) atoms. The number of nitrogens with one attached hydrogen (secondary N) is 1. The van der Waals surface area contributed by atoms with Gasteiger partial charge in [-0.15, -0.1) is 0 Å². The Balaban J connectivity index is 1.85. The Morgan fingerprint density at radius 3 is 2.46 bits per heavy atom. The number of rotatable bonds is 4. The van der Waals surface area contributed by atoms with Crippen molar-refractivity contribution in [3.8, 4) is 0 Å². The predicted octanol–water partition coefficient (Wildman–Crippen LogP) is 3.02. The van der Waals surface area contributed by atoms with Crippen LogP contribution < -0.4 is 10.2 Å². The highest BCUT2D eigenvalue weighted by Crippen LogP contribution is 2.20. The summed E-state index contributed by atoms with van der Waals surface area (Å²) in [6.07, 6.45) is 1.27. The van der Waals surface area contributed by atoms with Crippen LogP contribution >= 0.6 is 0 Å². The van der Waals surface area contributed by atoms with Gasteiger partial charge in [0.15, 0.2) is 0 Å². The zero-order valence-electron chi connectivity index (χ0n) is 16.5. The largest absolute Gasteiger partial charge is 0.444 e. The topological polar surface area (TPSA) is 61.9 Å². The maximum atomic E-state index is 12.5. The molecule has 0 spiro atoms. The van der Waals surface area contributed by atoms with Crippen molar-refractivity contribution in [1.29, 1.82) is 0 Å². The molecule has 1 fully saturated rings. The number of benzene rings is 1. The van der Waals surface area contributed by atoms with Gasteiger partial charge in [0, 0.05) is 39.4 Å². The number of anilines is 1. The van der Waals surface area contributed by atoms with Gasteiger partial charge in [-0.3, -0.25) is 4.79 Å². The molecule has 1 aliphatic heterocycles. The smallest absolute Gasteiger partial charge is 0.410 e. The van der Waals surface area contributed by atoms with Crippen molar-refractivity contribution in [2.24, 2.45) is 5.92 Å². The minimum absolute atomic E-state index is 0.00468. The fourth-order valence-corrected chi connectivity index (χ4v) is 2.93. The molecule has 1 aromatic carbocycles. The molecular weight excluding hydrogens is 330 g/mol. The summed E-state index contributed by atoms with van der Waals surface area (Å²) in [6.45, 7) is 7.10. The Hall–Kier alpha value is -2.24. The second-order valence-corrected chi connectivity index (χ2v) is 8.04. The van der Waals surface area contributed by atoms with Gasteiger partial charge in [-0.1, -0.05) is 12.1 Å². The van der Waals surface area contributed by atoms with Crippen molar-refractivity contribution in [3.05, 3.63) is 29.8 Å². The van der Waals surface area contributed by atoms with Gasteiger partial charge in [0.25, 0.3) is 0 Å². The van der Waals surface area contributed by atoms with E-state index in [0.29, 0.717) is 19.6 Å². The van der Waals surface area contributed by atoms with E-state index in [-0.39, 0.29) is 17.9 Å². The van der Waals surface area contributed by atoms with Crippen LogP contribution in [0.1, 0.15) is 39.2 Å². The van der Waals surface area contributed by atoms with E-state index < -0.39 is 5.60 Å². The summed E-state index contributed by atoms with van der Waals surface area (Å²) in [5.41, 5.74) is 1.66. The zero-order chi connectivity index (χ0) is 19.3. The summed E-state index contributed by atoms with van der Waals surface area (Å²) in [7, 11) is 3.99. The molecule has 0 bridgehead atoms. The lowest BCUT2D eigenvalue weighted by atomic mass is 9.97. The third kappa shape index (κ3) is 5.93. The van der Waals surface area contributed by atoms with Gasteiger partial charge in [-0.2, -0.15) is 0 Å². The predicted molar refractivity (Wildman–Crippen MR) is 103 cm³/mol. The van der Waals surface area contributed by atoms with E-state index in [0.717, 1.165) is 24.1 Å². The van der Waals surface area contributed by atoms with Crippen molar-refractivity contribution < 1.29 is 14.3 Å². The van der Waals surface area contributed by atoms with Crippen LogP contribution in [0, 0.1) is 5.92 Å². The molecule has 1 atom stereocenters. The highest BCUT2D eigenvalue weighted by molar-refractivity contribution is 5.80. The van der Waals surface area contributed by atoms with E-state index in [4.69, 9.17) is 4.74 Å². The fraction of sp³-hybridized carbons (Fsp3) is 0.600. The van der Waals surface area contributed by atoms with Gasteiger partial charge in [0.2, 0.25) is 5.91 Å². The molecule has 1 N–H and O–H groups in total.